The number of aryl methyl sites for hydroxylation is 1. The Morgan fingerprint density at radius 3 is 2.08 bits per heavy atom. The molecule has 0 N–H and O–H groups in total. The third-order valence-corrected chi connectivity index (χ3v) is 9.61. The number of carbonyl (C=O) groups is 1. The highest BCUT2D eigenvalue weighted by Gasteiger charge is 2.51. The average molecular weight is 490 g/mol. The van der Waals surface area contributed by atoms with Crippen LogP contribution in [-0.4, -0.2) is 16.2 Å². The van der Waals surface area contributed by atoms with Crippen molar-refractivity contribution in [2.24, 2.45) is 22.9 Å². The monoisotopic (exact) mass is 489 g/mol. The predicted molar refractivity (Wildman–Crippen MR) is 150 cm³/mol. The van der Waals surface area contributed by atoms with Gasteiger partial charge in [-0.05, 0) is 130 Å². The van der Waals surface area contributed by atoms with E-state index in [1.807, 2.05) is 43.3 Å². The standard InChI is InChI=1S/C33H35N3O/c1-21-13-27(17-31-22(2)34-36(32(31)37)30-7-5-4-6-8-30)23(3)35(21)29-11-9-28(10-12-29)33-18-24-14-25(19-33)16-26(15-24)20-33/h4-13,17,24-26H,14-16,18-20H2,1-3H3/b31-17+. The van der Waals surface area contributed by atoms with Gasteiger partial charge in [0, 0.05) is 17.1 Å². The number of hydrazone groups is 1. The highest BCUT2D eigenvalue weighted by Crippen LogP contribution is 2.60. The van der Waals surface area contributed by atoms with E-state index >= 15 is 0 Å². The molecule has 4 bridgehead atoms. The van der Waals surface area contributed by atoms with E-state index in [-0.39, 0.29) is 5.91 Å². The van der Waals surface area contributed by atoms with Crippen LogP contribution in [0.5, 0.6) is 0 Å². The maximum atomic E-state index is 13.2. The van der Waals surface area contributed by atoms with Gasteiger partial charge in [-0.25, -0.2) is 0 Å². The fourth-order valence-electron chi connectivity index (χ4n) is 8.34. The van der Waals surface area contributed by atoms with Crippen molar-refractivity contribution in [1.82, 2.24) is 4.57 Å². The fraction of sp³-hybridized carbons (Fsp3) is 0.394. The van der Waals surface area contributed by atoms with Gasteiger partial charge < -0.3 is 4.57 Å². The molecule has 8 rings (SSSR count). The Balaban J connectivity index is 1.18. The van der Waals surface area contributed by atoms with E-state index in [4.69, 9.17) is 0 Å². The van der Waals surface area contributed by atoms with Gasteiger partial charge in [0.15, 0.2) is 0 Å². The third kappa shape index (κ3) is 3.64. The van der Waals surface area contributed by atoms with E-state index in [0.29, 0.717) is 11.0 Å². The summed E-state index contributed by atoms with van der Waals surface area (Å²) in [6.07, 6.45) is 10.6. The van der Waals surface area contributed by atoms with Gasteiger partial charge in [0.05, 0.1) is 17.0 Å². The minimum absolute atomic E-state index is 0.0755. The quantitative estimate of drug-likeness (QED) is 0.353. The average Bonchev–Trinajstić information content (AvgIpc) is 3.33. The molecule has 0 radical (unpaired) electrons. The first-order valence-electron chi connectivity index (χ1n) is 13.9. The summed E-state index contributed by atoms with van der Waals surface area (Å²) >= 11 is 0. The predicted octanol–water partition coefficient (Wildman–Crippen LogP) is 7.37. The van der Waals surface area contributed by atoms with Gasteiger partial charge in [-0.1, -0.05) is 30.3 Å². The summed E-state index contributed by atoms with van der Waals surface area (Å²) in [4.78, 5) is 13.2. The number of carbonyl (C=O) groups excluding carboxylic acids is 1. The fourth-order valence-corrected chi connectivity index (χ4v) is 8.34. The molecule has 4 saturated carbocycles. The summed E-state index contributed by atoms with van der Waals surface area (Å²) in [5.74, 6) is 2.80. The van der Waals surface area contributed by atoms with E-state index in [0.717, 1.165) is 40.4 Å². The SMILES string of the molecule is CC1=NN(c2ccccc2)C(=O)/C1=C/c1cc(C)n(-c2ccc(C34CC5CC(CC(C5)C3)C4)cc2)c1C. The molecule has 4 nitrogen and oxygen atoms in total. The van der Waals surface area contributed by atoms with Crippen molar-refractivity contribution in [3.63, 3.8) is 0 Å². The molecule has 0 atom stereocenters. The van der Waals surface area contributed by atoms with Crippen LogP contribution in [0.3, 0.4) is 0 Å². The van der Waals surface area contributed by atoms with Gasteiger partial charge in [-0.3, -0.25) is 4.79 Å². The molecule has 4 fully saturated rings. The van der Waals surface area contributed by atoms with Gasteiger partial charge in [0.25, 0.3) is 5.91 Å². The van der Waals surface area contributed by atoms with E-state index in [9.17, 15) is 4.79 Å². The van der Waals surface area contributed by atoms with Gasteiger partial charge in [0.2, 0.25) is 0 Å². The second kappa shape index (κ2) is 8.31. The number of benzene rings is 2. The lowest BCUT2D eigenvalue weighted by Crippen LogP contribution is -2.48. The molecule has 2 heterocycles. The number of para-hydroxylation sites is 1. The smallest absolute Gasteiger partial charge is 0.280 e. The molecule has 188 valence electrons. The lowest BCUT2D eigenvalue weighted by molar-refractivity contribution is -0.114. The van der Waals surface area contributed by atoms with Crippen LogP contribution < -0.4 is 5.01 Å². The normalized spacial score (nSPS) is 29.4. The topological polar surface area (TPSA) is 37.6 Å². The Morgan fingerprint density at radius 2 is 1.46 bits per heavy atom. The molecule has 37 heavy (non-hydrogen) atoms. The van der Waals surface area contributed by atoms with Crippen molar-refractivity contribution in [2.45, 2.75) is 64.7 Å². The van der Waals surface area contributed by atoms with Crippen LogP contribution in [0.15, 0.2) is 71.3 Å². The van der Waals surface area contributed by atoms with Crippen molar-refractivity contribution in [2.75, 3.05) is 5.01 Å². The number of anilines is 1. The largest absolute Gasteiger partial charge is 0.318 e. The van der Waals surface area contributed by atoms with Gasteiger partial charge >= 0.3 is 0 Å². The van der Waals surface area contributed by atoms with Crippen LogP contribution in [0.2, 0.25) is 0 Å². The van der Waals surface area contributed by atoms with Crippen LogP contribution in [-0.2, 0) is 10.2 Å². The lowest BCUT2D eigenvalue weighted by atomic mass is 9.48. The minimum Gasteiger partial charge on any atom is -0.318 e. The molecule has 0 saturated heterocycles. The highest BCUT2D eigenvalue weighted by atomic mass is 16.2. The number of aromatic nitrogens is 1. The molecule has 1 amide bonds. The highest BCUT2D eigenvalue weighted by molar-refractivity contribution is 6.32. The van der Waals surface area contributed by atoms with Crippen LogP contribution in [0.4, 0.5) is 5.69 Å². The Hall–Kier alpha value is -3.40. The summed E-state index contributed by atoms with van der Waals surface area (Å²) in [5.41, 5.74) is 8.76. The number of hydrogen-bond acceptors (Lipinski definition) is 2. The summed E-state index contributed by atoms with van der Waals surface area (Å²) < 4.78 is 2.32. The molecule has 0 unspecified atom stereocenters. The van der Waals surface area contributed by atoms with Crippen molar-refractivity contribution in [3.05, 3.63) is 88.8 Å². The number of hydrogen-bond donors (Lipinski definition) is 0. The van der Waals surface area contributed by atoms with Crippen LogP contribution in [0.25, 0.3) is 11.8 Å². The molecular formula is C33H35N3O. The Bertz CT molecular complexity index is 1410. The second-order valence-corrected chi connectivity index (χ2v) is 12.1. The molecule has 3 aromatic rings. The maximum absolute atomic E-state index is 13.2. The lowest BCUT2D eigenvalue weighted by Gasteiger charge is -2.57. The summed E-state index contributed by atoms with van der Waals surface area (Å²) in [6, 6.07) is 21.3. The first-order chi connectivity index (χ1) is 17.9. The molecule has 5 aliphatic rings. The zero-order chi connectivity index (χ0) is 25.3. The van der Waals surface area contributed by atoms with Gasteiger partial charge in [0.1, 0.15) is 0 Å². The summed E-state index contributed by atoms with van der Waals surface area (Å²) in [5, 5.41) is 6.05. The zero-order valence-corrected chi connectivity index (χ0v) is 22.1. The van der Waals surface area contributed by atoms with E-state index in [1.54, 1.807) is 5.56 Å². The summed E-state index contributed by atoms with van der Waals surface area (Å²) in [7, 11) is 0. The maximum Gasteiger partial charge on any atom is 0.280 e. The van der Waals surface area contributed by atoms with Crippen LogP contribution in [0, 0.1) is 31.6 Å². The van der Waals surface area contributed by atoms with Gasteiger partial charge in [-0.2, -0.15) is 10.1 Å². The molecule has 1 aliphatic heterocycles. The molecule has 4 aliphatic carbocycles. The zero-order valence-electron chi connectivity index (χ0n) is 22.1. The molecular weight excluding hydrogens is 454 g/mol. The van der Waals surface area contributed by atoms with Crippen LogP contribution in [0.1, 0.15) is 68.0 Å². The number of amides is 1. The van der Waals surface area contributed by atoms with Crippen molar-refractivity contribution >= 4 is 23.4 Å². The summed E-state index contributed by atoms with van der Waals surface area (Å²) in [6.45, 7) is 6.21. The molecule has 0 spiro atoms. The molecule has 1 aromatic heterocycles. The third-order valence-electron chi connectivity index (χ3n) is 9.61. The number of nitrogens with zero attached hydrogens (tertiary/aromatic N) is 3. The number of rotatable bonds is 4. The van der Waals surface area contributed by atoms with E-state index in [1.165, 1.54) is 54.9 Å². The first-order valence-corrected chi connectivity index (χ1v) is 13.9. The Labute approximate surface area is 219 Å². The van der Waals surface area contributed by atoms with Crippen molar-refractivity contribution in [3.8, 4) is 5.69 Å². The van der Waals surface area contributed by atoms with Crippen LogP contribution >= 0.6 is 0 Å². The van der Waals surface area contributed by atoms with Crippen molar-refractivity contribution < 1.29 is 4.79 Å². The van der Waals surface area contributed by atoms with Gasteiger partial charge in [-0.15, -0.1) is 0 Å². The molecule has 4 heteroatoms. The second-order valence-electron chi connectivity index (χ2n) is 12.1. The Morgan fingerprint density at radius 1 is 0.838 bits per heavy atom. The minimum atomic E-state index is -0.0755. The van der Waals surface area contributed by atoms with Crippen molar-refractivity contribution in [1.29, 1.82) is 0 Å². The van der Waals surface area contributed by atoms with E-state index in [2.05, 4.69) is 53.8 Å². The molecule has 2 aromatic carbocycles. The first kappa shape index (κ1) is 22.8. The van der Waals surface area contributed by atoms with E-state index < -0.39 is 0 Å². The Kier molecular flexibility index (Phi) is 5.11.